The lowest BCUT2D eigenvalue weighted by Gasteiger charge is -2.04. The number of carbonyl (C=O) groups is 2. The van der Waals surface area contributed by atoms with Gasteiger partial charge >= 0.3 is 5.97 Å². The highest BCUT2D eigenvalue weighted by Crippen LogP contribution is 2.20. The van der Waals surface area contributed by atoms with E-state index in [1.54, 1.807) is 6.07 Å². The van der Waals surface area contributed by atoms with Crippen molar-refractivity contribution >= 4 is 34.5 Å². The van der Waals surface area contributed by atoms with Crippen molar-refractivity contribution in [2.75, 3.05) is 6.61 Å². The average Bonchev–Trinajstić information content (AvgIpc) is 2.21. The van der Waals surface area contributed by atoms with Gasteiger partial charge in [-0.15, -0.1) is 0 Å². The van der Waals surface area contributed by atoms with Gasteiger partial charge in [0.05, 0.1) is 3.57 Å². The third kappa shape index (κ3) is 3.66. The Kier molecular flexibility index (Phi) is 4.50. The van der Waals surface area contributed by atoms with E-state index < -0.39 is 18.5 Å². The zero-order valence-electron chi connectivity index (χ0n) is 7.94. The van der Waals surface area contributed by atoms with Crippen molar-refractivity contribution in [3.63, 3.8) is 0 Å². The summed E-state index contributed by atoms with van der Waals surface area (Å²) in [7, 11) is 0. The second kappa shape index (κ2) is 5.66. The lowest BCUT2D eigenvalue weighted by molar-refractivity contribution is -0.144. The normalized spacial score (nSPS) is 9.81. The van der Waals surface area contributed by atoms with Crippen LogP contribution in [0.4, 0.5) is 0 Å². The number of aromatic hydroxyl groups is 1. The molecule has 1 aromatic carbocycles. The summed E-state index contributed by atoms with van der Waals surface area (Å²) in [6.07, 6.45) is 0. The number of rotatable bonds is 4. The molecule has 6 nitrogen and oxygen atoms in total. The number of amides is 1. The van der Waals surface area contributed by atoms with Gasteiger partial charge in [0.2, 0.25) is 0 Å². The summed E-state index contributed by atoms with van der Waals surface area (Å²) in [6.45, 7) is -0.623. The Balaban J connectivity index is 2.59. The van der Waals surface area contributed by atoms with Crippen molar-refractivity contribution in [3.05, 3.63) is 27.3 Å². The molecule has 0 aliphatic heterocycles. The van der Waals surface area contributed by atoms with Crippen LogP contribution in [0.25, 0.3) is 0 Å². The number of phenols is 1. The van der Waals surface area contributed by atoms with E-state index in [-0.39, 0.29) is 11.3 Å². The number of hydroxylamine groups is 1. The van der Waals surface area contributed by atoms with Gasteiger partial charge in [0, 0.05) is 5.56 Å². The maximum atomic E-state index is 11.3. The molecule has 1 rings (SSSR count). The summed E-state index contributed by atoms with van der Waals surface area (Å²) in [4.78, 5) is 25.8. The molecule has 0 saturated heterocycles. The van der Waals surface area contributed by atoms with Crippen molar-refractivity contribution in [1.82, 2.24) is 5.48 Å². The third-order valence-corrected chi connectivity index (χ3v) is 2.48. The minimum absolute atomic E-state index is 0.0218. The van der Waals surface area contributed by atoms with Gasteiger partial charge in [-0.25, -0.2) is 10.3 Å². The zero-order chi connectivity index (χ0) is 12.1. The van der Waals surface area contributed by atoms with E-state index in [0.29, 0.717) is 3.57 Å². The fourth-order valence-electron chi connectivity index (χ4n) is 0.876. The number of hydrogen-bond donors (Lipinski definition) is 3. The summed E-state index contributed by atoms with van der Waals surface area (Å²) >= 11 is 1.91. The van der Waals surface area contributed by atoms with Crippen LogP contribution in [-0.2, 0) is 9.63 Å². The summed E-state index contributed by atoms with van der Waals surface area (Å²) in [5.41, 5.74) is 2.13. The van der Waals surface area contributed by atoms with Crippen LogP contribution in [0.3, 0.4) is 0 Å². The van der Waals surface area contributed by atoms with Crippen molar-refractivity contribution in [2.24, 2.45) is 0 Å². The number of halogens is 1. The first kappa shape index (κ1) is 12.7. The molecule has 0 aliphatic rings. The summed E-state index contributed by atoms with van der Waals surface area (Å²) < 4.78 is 0.612. The van der Waals surface area contributed by atoms with Crippen LogP contribution in [0, 0.1) is 3.57 Å². The second-order valence-corrected chi connectivity index (χ2v) is 3.94. The van der Waals surface area contributed by atoms with Crippen molar-refractivity contribution in [3.8, 4) is 5.75 Å². The van der Waals surface area contributed by atoms with E-state index in [1.807, 2.05) is 28.1 Å². The molecule has 0 heterocycles. The Morgan fingerprint density at radius 3 is 2.69 bits per heavy atom. The van der Waals surface area contributed by atoms with E-state index in [9.17, 15) is 14.7 Å². The zero-order valence-corrected chi connectivity index (χ0v) is 10.1. The Hall–Kier alpha value is -1.35. The van der Waals surface area contributed by atoms with Crippen LogP contribution in [0.15, 0.2) is 18.2 Å². The number of nitrogens with one attached hydrogen (secondary N) is 1. The molecule has 0 bridgehead atoms. The molecule has 0 aliphatic carbocycles. The van der Waals surface area contributed by atoms with Crippen LogP contribution in [0.5, 0.6) is 5.75 Å². The standard InChI is InChI=1S/C9H8INO5/c10-6-2-1-5(3-7(6)12)9(15)11-16-4-8(13)14/h1-3,12H,4H2,(H,11,15)(H,13,14). The lowest BCUT2D eigenvalue weighted by atomic mass is 10.2. The minimum Gasteiger partial charge on any atom is -0.507 e. The van der Waals surface area contributed by atoms with Gasteiger partial charge in [-0.1, -0.05) is 0 Å². The van der Waals surface area contributed by atoms with Gasteiger partial charge in [-0.05, 0) is 40.8 Å². The van der Waals surface area contributed by atoms with Gasteiger partial charge < -0.3 is 10.2 Å². The molecule has 0 spiro atoms. The number of carboxylic acids is 1. The van der Waals surface area contributed by atoms with Gasteiger partial charge in [0.15, 0.2) is 6.61 Å². The highest BCUT2D eigenvalue weighted by atomic mass is 127. The van der Waals surface area contributed by atoms with Gasteiger partial charge in [0.1, 0.15) is 5.75 Å². The number of aliphatic carboxylic acids is 1. The molecule has 7 heteroatoms. The highest BCUT2D eigenvalue weighted by molar-refractivity contribution is 14.1. The van der Waals surface area contributed by atoms with E-state index >= 15 is 0 Å². The SMILES string of the molecule is O=C(O)CONC(=O)c1ccc(I)c(O)c1. The molecule has 3 N–H and O–H groups in total. The van der Waals surface area contributed by atoms with E-state index in [1.165, 1.54) is 12.1 Å². The molecule has 0 aromatic heterocycles. The number of carbonyl (C=O) groups excluding carboxylic acids is 1. The van der Waals surface area contributed by atoms with Crippen LogP contribution >= 0.6 is 22.6 Å². The predicted octanol–water partition coefficient (Wildman–Crippen LogP) is 0.743. The molecule has 1 amide bonds. The number of hydrogen-bond acceptors (Lipinski definition) is 4. The van der Waals surface area contributed by atoms with Gasteiger partial charge in [-0.2, -0.15) is 0 Å². The Labute approximate surface area is 104 Å². The molecule has 0 fully saturated rings. The van der Waals surface area contributed by atoms with Crippen molar-refractivity contribution < 1.29 is 24.6 Å². The maximum Gasteiger partial charge on any atom is 0.332 e. The predicted molar refractivity (Wildman–Crippen MR) is 61.9 cm³/mol. The average molecular weight is 337 g/mol. The van der Waals surface area contributed by atoms with Crippen LogP contribution in [0.2, 0.25) is 0 Å². The first-order valence-corrected chi connectivity index (χ1v) is 5.21. The number of benzene rings is 1. The maximum absolute atomic E-state index is 11.3. The molecule has 0 atom stereocenters. The first-order valence-electron chi connectivity index (χ1n) is 4.13. The van der Waals surface area contributed by atoms with Crippen LogP contribution in [-0.4, -0.2) is 28.7 Å². The third-order valence-electron chi connectivity index (χ3n) is 1.57. The monoisotopic (exact) mass is 337 g/mol. The highest BCUT2D eigenvalue weighted by Gasteiger charge is 2.08. The molecule has 16 heavy (non-hydrogen) atoms. The number of carboxylic acid groups (broad SMARTS) is 1. The lowest BCUT2D eigenvalue weighted by Crippen LogP contribution is -2.26. The number of phenolic OH excluding ortho intramolecular Hbond substituents is 1. The Morgan fingerprint density at radius 1 is 1.44 bits per heavy atom. The topological polar surface area (TPSA) is 95.9 Å². The van der Waals surface area contributed by atoms with E-state index in [4.69, 9.17) is 5.11 Å². The molecular formula is C9H8INO5. The van der Waals surface area contributed by atoms with Crippen LogP contribution in [0.1, 0.15) is 10.4 Å². The minimum atomic E-state index is -1.19. The fourth-order valence-corrected chi connectivity index (χ4v) is 1.21. The Morgan fingerprint density at radius 2 is 2.12 bits per heavy atom. The molecular weight excluding hydrogens is 329 g/mol. The summed E-state index contributed by atoms with van der Waals surface area (Å²) in [5, 5.41) is 17.6. The molecule has 86 valence electrons. The fraction of sp³-hybridized carbons (Fsp3) is 0.111. The quantitative estimate of drug-likeness (QED) is 0.556. The van der Waals surface area contributed by atoms with Crippen LogP contribution < -0.4 is 5.48 Å². The Bertz CT molecular complexity index is 420. The second-order valence-electron chi connectivity index (χ2n) is 2.78. The molecule has 0 unspecified atom stereocenters. The molecule has 0 saturated carbocycles. The van der Waals surface area contributed by atoms with E-state index in [0.717, 1.165) is 0 Å². The van der Waals surface area contributed by atoms with E-state index in [2.05, 4.69) is 4.84 Å². The molecule has 0 radical (unpaired) electrons. The summed E-state index contributed by atoms with van der Waals surface area (Å²) in [5.74, 6) is -1.83. The van der Waals surface area contributed by atoms with Crippen molar-refractivity contribution in [2.45, 2.75) is 0 Å². The first-order chi connectivity index (χ1) is 7.50. The largest absolute Gasteiger partial charge is 0.507 e. The van der Waals surface area contributed by atoms with Gasteiger partial charge in [0.25, 0.3) is 5.91 Å². The van der Waals surface area contributed by atoms with Gasteiger partial charge in [-0.3, -0.25) is 9.63 Å². The summed E-state index contributed by atoms with van der Waals surface area (Å²) in [6, 6.07) is 4.31. The van der Waals surface area contributed by atoms with Crippen molar-refractivity contribution in [1.29, 1.82) is 0 Å². The smallest absolute Gasteiger partial charge is 0.332 e. The molecule has 1 aromatic rings.